The second-order valence-corrected chi connectivity index (χ2v) is 5.06. The molecule has 0 aliphatic rings. The van der Waals surface area contributed by atoms with Gasteiger partial charge in [0.2, 0.25) is 0 Å². The molecule has 0 bridgehead atoms. The molecule has 0 unspecified atom stereocenters. The molecule has 0 amide bonds. The van der Waals surface area contributed by atoms with Gasteiger partial charge < -0.3 is 5.32 Å². The van der Waals surface area contributed by atoms with E-state index in [1.165, 1.54) is 5.56 Å². The van der Waals surface area contributed by atoms with E-state index >= 15 is 0 Å². The lowest BCUT2D eigenvalue weighted by Crippen LogP contribution is -2.06. The van der Waals surface area contributed by atoms with Gasteiger partial charge in [-0.3, -0.25) is 0 Å². The molecule has 0 aliphatic carbocycles. The van der Waals surface area contributed by atoms with E-state index in [4.69, 9.17) is 23.2 Å². The lowest BCUT2D eigenvalue weighted by molar-refractivity contribution is 1.02. The summed E-state index contributed by atoms with van der Waals surface area (Å²) in [5.74, 6) is 0. The molecule has 1 N–H and O–H groups in total. The summed E-state index contributed by atoms with van der Waals surface area (Å²) in [6.45, 7) is 2.90. The van der Waals surface area contributed by atoms with Crippen molar-refractivity contribution in [1.29, 1.82) is 0 Å². The molecule has 0 spiro atoms. The third-order valence-corrected chi connectivity index (χ3v) is 3.57. The summed E-state index contributed by atoms with van der Waals surface area (Å²) in [6, 6.07) is 13.8. The molecule has 0 aromatic heterocycles. The highest BCUT2D eigenvalue weighted by molar-refractivity contribution is 6.31. The molecule has 94 valence electrons. The normalized spacial score (nSPS) is 10.4. The van der Waals surface area contributed by atoms with Crippen LogP contribution in [0.25, 0.3) is 0 Å². The number of anilines is 1. The van der Waals surface area contributed by atoms with Gasteiger partial charge in [0, 0.05) is 22.3 Å². The predicted octanol–water partition coefficient (Wildman–Crippen LogP) is 4.96. The number of halogens is 2. The first-order valence-electron chi connectivity index (χ1n) is 5.90. The zero-order chi connectivity index (χ0) is 13.0. The minimum atomic E-state index is 0.775. The number of hydrogen-bond donors (Lipinski definition) is 1. The first-order valence-corrected chi connectivity index (χ1v) is 6.66. The summed E-state index contributed by atoms with van der Waals surface area (Å²) in [5.41, 5.74) is 3.46. The standard InChI is InChI=1S/C15H15Cl2N/c1-11-14(17)3-2-4-15(11)18-10-9-12-5-7-13(16)8-6-12/h2-8,18H,9-10H2,1H3. The monoisotopic (exact) mass is 279 g/mol. The van der Waals surface area contributed by atoms with E-state index in [2.05, 4.69) is 17.4 Å². The van der Waals surface area contributed by atoms with E-state index in [0.29, 0.717) is 0 Å². The van der Waals surface area contributed by atoms with Crippen LogP contribution in [0.15, 0.2) is 42.5 Å². The number of nitrogens with one attached hydrogen (secondary N) is 1. The molecule has 0 heterocycles. The van der Waals surface area contributed by atoms with E-state index in [0.717, 1.165) is 34.3 Å². The molecule has 3 heteroatoms. The van der Waals surface area contributed by atoms with Gasteiger partial charge in [-0.15, -0.1) is 0 Å². The Balaban J connectivity index is 1.92. The lowest BCUT2D eigenvalue weighted by Gasteiger charge is -2.10. The van der Waals surface area contributed by atoms with Gasteiger partial charge in [-0.05, 0) is 48.7 Å². The van der Waals surface area contributed by atoms with Gasteiger partial charge in [-0.25, -0.2) is 0 Å². The molecule has 0 aliphatic heterocycles. The van der Waals surface area contributed by atoms with Crippen LogP contribution in [0.5, 0.6) is 0 Å². The van der Waals surface area contributed by atoms with Crippen LogP contribution >= 0.6 is 23.2 Å². The van der Waals surface area contributed by atoms with Crippen molar-refractivity contribution in [2.24, 2.45) is 0 Å². The maximum atomic E-state index is 6.07. The van der Waals surface area contributed by atoms with Gasteiger partial charge in [-0.1, -0.05) is 41.4 Å². The minimum Gasteiger partial charge on any atom is -0.384 e. The van der Waals surface area contributed by atoms with Crippen molar-refractivity contribution < 1.29 is 0 Å². The van der Waals surface area contributed by atoms with E-state index in [1.54, 1.807) is 0 Å². The molecule has 18 heavy (non-hydrogen) atoms. The SMILES string of the molecule is Cc1c(Cl)cccc1NCCc1ccc(Cl)cc1. The largest absolute Gasteiger partial charge is 0.384 e. The van der Waals surface area contributed by atoms with Crippen LogP contribution in [0.4, 0.5) is 5.69 Å². The van der Waals surface area contributed by atoms with E-state index in [-0.39, 0.29) is 0 Å². The van der Waals surface area contributed by atoms with E-state index in [9.17, 15) is 0 Å². The van der Waals surface area contributed by atoms with Gasteiger partial charge in [0.15, 0.2) is 0 Å². The van der Waals surface area contributed by atoms with Crippen LogP contribution in [-0.4, -0.2) is 6.54 Å². The third kappa shape index (κ3) is 3.41. The highest BCUT2D eigenvalue weighted by atomic mass is 35.5. The molecule has 0 atom stereocenters. The Morgan fingerprint density at radius 1 is 1.00 bits per heavy atom. The van der Waals surface area contributed by atoms with Crippen molar-refractivity contribution >= 4 is 28.9 Å². The van der Waals surface area contributed by atoms with Crippen LogP contribution in [0, 0.1) is 6.92 Å². The second kappa shape index (κ2) is 6.12. The highest BCUT2D eigenvalue weighted by Gasteiger charge is 2.01. The van der Waals surface area contributed by atoms with Crippen molar-refractivity contribution in [2.45, 2.75) is 13.3 Å². The summed E-state index contributed by atoms with van der Waals surface area (Å²) in [4.78, 5) is 0. The Hall–Kier alpha value is -1.18. The first kappa shape index (κ1) is 13.3. The van der Waals surface area contributed by atoms with Crippen LogP contribution < -0.4 is 5.32 Å². The predicted molar refractivity (Wildman–Crippen MR) is 79.8 cm³/mol. The first-order chi connectivity index (χ1) is 8.66. The van der Waals surface area contributed by atoms with Gasteiger partial charge in [0.1, 0.15) is 0 Å². The van der Waals surface area contributed by atoms with Gasteiger partial charge in [0.25, 0.3) is 0 Å². The summed E-state index contributed by atoms with van der Waals surface area (Å²) >= 11 is 11.9. The van der Waals surface area contributed by atoms with E-state index in [1.807, 2.05) is 37.3 Å². The fourth-order valence-electron chi connectivity index (χ4n) is 1.79. The Morgan fingerprint density at radius 3 is 2.44 bits per heavy atom. The van der Waals surface area contributed by atoms with Gasteiger partial charge in [-0.2, -0.15) is 0 Å². The minimum absolute atomic E-state index is 0.775. The van der Waals surface area contributed by atoms with Crippen molar-refractivity contribution in [3.63, 3.8) is 0 Å². The zero-order valence-corrected chi connectivity index (χ0v) is 11.7. The Morgan fingerprint density at radius 2 is 1.72 bits per heavy atom. The smallest absolute Gasteiger partial charge is 0.0455 e. The molecular weight excluding hydrogens is 265 g/mol. The van der Waals surface area contributed by atoms with Crippen LogP contribution in [-0.2, 0) is 6.42 Å². The Kier molecular flexibility index (Phi) is 4.51. The van der Waals surface area contributed by atoms with E-state index < -0.39 is 0 Å². The van der Waals surface area contributed by atoms with Gasteiger partial charge in [0.05, 0.1) is 0 Å². The summed E-state index contributed by atoms with van der Waals surface area (Å²) in [7, 11) is 0. The van der Waals surface area contributed by atoms with Gasteiger partial charge >= 0.3 is 0 Å². The second-order valence-electron chi connectivity index (χ2n) is 4.22. The number of benzene rings is 2. The average molecular weight is 280 g/mol. The summed E-state index contributed by atoms with van der Waals surface area (Å²) < 4.78 is 0. The topological polar surface area (TPSA) is 12.0 Å². The fraction of sp³-hybridized carbons (Fsp3) is 0.200. The molecule has 2 aromatic rings. The third-order valence-electron chi connectivity index (χ3n) is 2.91. The molecular formula is C15H15Cl2N. The average Bonchev–Trinajstić information content (AvgIpc) is 2.37. The number of rotatable bonds is 4. The maximum absolute atomic E-state index is 6.07. The maximum Gasteiger partial charge on any atom is 0.0455 e. The molecule has 0 saturated carbocycles. The molecule has 1 nitrogen and oxygen atoms in total. The summed E-state index contributed by atoms with van der Waals surface area (Å²) in [6.07, 6.45) is 0.961. The molecule has 0 saturated heterocycles. The number of hydrogen-bond acceptors (Lipinski definition) is 1. The Labute approximate surface area is 118 Å². The fourth-order valence-corrected chi connectivity index (χ4v) is 2.09. The molecule has 0 radical (unpaired) electrons. The van der Waals surface area contributed by atoms with Crippen molar-refractivity contribution in [3.8, 4) is 0 Å². The Bertz CT molecular complexity index is 521. The molecule has 0 fully saturated rings. The highest BCUT2D eigenvalue weighted by Crippen LogP contribution is 2.22. The quantitative estimate of drug-likeness (QED) is 0.835. The van der Waals surface area contributed by atoms with Crippen molar-refractivity contribution in [1.82, 2.24) is 0 Å². The molecule has 2 rings (SSSR count). The zero-order valence-electron chi connectivity index (χ0n) is 10.2. The van der Waals surface area contributed by atoms with Crippen molar-refractivity contribution in [2.75, 3.05) is 11.9 Å². The summed E-state index contributed by atoms with van der Waals surface area (Å²) in [5, 5.41) is 4.97. The van der Waals surface area contributed by atoms with Crippen LogP contribution in [0.2, 0.25) is 10.0 Å². The molecule has 2 aromatic carbocycles. The van der Waals surface area contributed by atoms with Crippen molar-refractivity contribution in [3.05, 3.63) is 63.6 Å². The van der Waals surface area contributed by atoms with Crippen LogP contribution in [0.3, 0.4) is 0 Å². The lowest BCUT2D eigenvalue weighted by atomic mass is 10.1. The van der Waals surface area contributed by atoms with Crippen LogP contribution in [0.1, 0.15) is 11.1 Å².